The maximum Gasteiger partial charge on any atom is 0.250 e. The molecule has 1 rings (SSSR count). The Morgan fingerprint density at radius 1 is 1.59 bits per heavy atom. The summed E-state index contributed by atoms with van der Waals surface area (Å²) >= 11 is 5.78. The number of halogens is 1. The second kappa shape index (κ2) is 6.47. The number of nitrogens with two attached hydrogens (primary N) is 1. The highest BCUT2D eigenvalue weighted by Gasteiger charge is 2.06. The third-order valence-electron chi connectivity index (χ3n) is 2.35. The van der Waals surface area contributed by atoms with Crippen molar-refractivity contribution < 1.29 is 9.53 Å². The van der Waals surface area contributed by atoms with Gasteiger partial charge in [0.25, 0.3) is 0 Å². The molecule has 17 heavy (non-hydrogen) atoms. The van der Waals surface area contributed by atoms with Crippen LogP contribution in [0, 0.1) is 0 Å². The topological polar surface area (TPSA) is 64.3 Å². The summed E-state index contributed by atoms with van der Waals surface area (Å²) in [5.74, 6) is -0.202. The summed E-state index contributed by atoms with van der Waals surface area (Å²) in [7, 11) is 0. The van der Waals surface area contributed by atoms with Crippen LogP contribution >= 0.6 is 11.6 Å². The molecule has 94 valence electrons. The molecule has 3 N–H and O–H groups in total. The molecule has 0 aliphatic carbocycles. The number of benzene rings is 1. The third-order valence-corrected chi connectivity index (χ3v) is 2.70. The summed E-state index contributed by atoms with van der Waals surface area (Å²) in [6.45, 7) is 3.97. The van der Waals surface area contributed by atoms with Gasteiger partial charge >= 0.3 is 0 Å². The highest BCUT2D eigenvalue weighted by atomic mass is 35.5. The van der Waals surface area contributed by atoms with E-state index in [0.29, 0.717) is 16.4 Å². The molecule has 1 aromatic rings. The first kappa shape index (κ1) is 13.8. The van der Waals surface area contributed by atoms with Crippen molar-refractivity contribution in [2.75, 3.05) is 17.7 Å². The summed E-state index contributed by atoms with van der Waals surface area (Å²) in [5, 5.41) is 3.16. The van der Waals surface area contributed by atoms with E-state index in [1.165, 1.54) is 0 Å². The predicted octanol–water partition coefficient (Wildman–Crippen LogP) is 2.68. The van der Waals surface area contributed by atoms with Crippen LogP contribution in [-0.2, 0) is 9.53 Å². The number of amides is 1. The first-order chi connectivity index (χ1) is 8.02. The molecule has 0 aliphatic rings. The molecule has 5 heteroatoms. The number of carbonyl (C=O) groups excluding carboxylic acids is 1. The van der Waals surface area contributed by atoms with Gasteiger partial charge in [0.05, 0.1) is 16.8 Å². The lowest BCUT2D eigenvalue weighted by molar-refractivity contribution is -0.122. The van der Waals surface area contributed by atoms with E-state index >= 15 is 0 Å². The van der Waals surface area contributed by atoms with Crippen molar-refractivity contribution in [1.82, 2.24) is 0 Å². The molecule has 4 nitrogen and oxygen atoms in total. The summed E-state index contributed by atoms with van der Waals surface area (Å²) in [6, 6.07) is 4.95. The van der Waals surface area contributed by atoms with E-state index in [4.69, 9.17) is 22.1 Å². The molecule has 0 saturated heterocycles. The molecule has 0 fully saturated rings. The van der Waals surface area contributed by atoms with Crippen LogP contribution in [0.2, 0.25) is 5.02 Å². The van der Waals surface area contributed by atoms with Gasteiger partial charge in [-0.1, -0.05) is 18.5 Å². The van der Waals surface area contributed by atoms with Crippen LogP contribution in [0.3, 0.4) is 0 Å². The average Bonchev–Trinajstić information content (AvgIpc) is 2.31. The van der Waals surface area contributed by atoms with Crippen molar-refractivity contribution in [3.05, 3.63) is 23.2 Å². The average molecular weight is 257 g/mol. The highest BCUT2D eigenvalue weighted by molar-refractivity contribution is 6.33. The first-order valence-corrected chi connectivity index (χ1v) is 5.87. The van der Waals surface area contributed by atoms with E-state index in [0.717, 1.165) is 6.42 Å². The normalized spacial score (nSPS) is 12.2. The minimum Gasteiger partial charge on any atom is -0.397 e. The number of nitrogens with one attached hydrogen (secondary N) is 1. The lowest BCUT2D eigenvalue weighted by atomic mass is 10.3. The smallest absolute Gasteiger partial charge is 0.250 e. The Labute approximate surface area is 106 Å². The lowest BCUT2D eigenvalue weighted by Crippen LogP contribution is -2.21. The monoisotopic (exact) mass is 256 g/mol. The van der Waals surface area contributed by atoms with Gasteiger partial charge in [0, 0.05) is 5.69 Å². The van der Waals surface area contributed by atoms with Crippen molar-refractivity contribution in [2.45, 2.75) is 26.4 Å². The summed E-state index contributed by atoms with van der Waals surface area (Å²) in [5.41, 5.74) is 6.68. The highest BCUT2D eigenvalue weighted by Crippen LogP contribution is 2.22. The van der Waals surface area contributed by atoms with Gasteiger partial charge in [0.2, 0.25) is 5.91 Å². The van der Waals surface area contributed by atoms with Gasteiger partial charge in [-0.2, -0.15) is 0 Å². The molecule has 0 spiro atoms. The van der Waals surface area contributed by atoms with Crippen LogP contribution in [0.25, 0.3) is 0 Å². The number of rotatable bonds is 5. The van der Waals surface area contributed by atoms with Gasteiger partial charge < -0.3 is 15.8 Å². The van der Waals surface area contributed by atoms with Crippen LogP contribution in [-0.4, -0.2) is 18.6 Å². The number of carbonyl (C=O) groups is 1. The second-order valence-corrected chi connectivity index (χ2v) is 4.22. The fourth-order valence-electron chi connectivity index (χ4n) is 1.15. The predicted molar refractivity (Wildman–Crippen MR) is 70.2 cm³/mol. The van der Waals surface area contributed by atoms with E-state index in [-0.39, 0.29) is 18.6 Å². The van der Waals surface area contributed by atoms with E-state index in [9.17, 15) is 4.79 Å². The Morgan fingerprint density at radius 2 is 2.29 bits per heavy atom. The molecule has 0 saturated carbocycles. The number of hydrogen-bond acceptors (Lipinski definition) is 3. The van der Waals surface area contributed by atoms with Crippen molar-refractivity contribution in [1.29, 1.82) is 0 Å². The molecule has 1 atom stereocenters. The Bertz CT molecular complexity index is 396. The minimum absolute atomic E-state index is 0.0392. The number of ether oxygens (including phenoxy) is 1. The first-order valence-electron chi connectivity index (χ1n) is 5.49. The van der Waals surface area contributed by atoms with Crippen LogP contribution in [0.1, 0.15) is 20.3 Å². The van der Waals surface area contributed by atoms with Crippen LogP contribution in [0.5, 0.6) is 0 Å². The molecule has 0 aliphatic heterocycles. The Kier molecular flexibility index (Phi) is 5.25. The van der Waals surface area contributed by atoms with E-state index < -0.39 is 0 Å². The fourth-order valence-corrected chi connectivity index (χ4v) is 1.27. The van der Waals surface area contributed by atoms with Gasteiger partial charge in [-0.3, -0.25) is 4.79 Å². The summed E-state index contributed by atoms with van der Waals surface area (Å²) in [4.78, 5) is 11.5. The molecule has 0 aromatic heterocycles. The SMILES string of the molecule is CCC(C)OCC(=O)Nc1ccc(Cl)c(N)c1. The second-order valence-electron chi connectivity index (χ2n) is 3.81. The van der Waals surface area contributed by atoms with Gasteiger partial charge in [-0.25, -0.2) is 0 Å². The number of nitrogen functional groups attached to an aromatic ring is 1. The molecule has 1 unspecified atom stereocenters. The molecule has 0 radical (unpaired) electrons. The molecule has 0 bridgehead atoms. The van der Waals surface area contributed by atoms with Crippen molar-refractivity contribution >= 4 is 28.9 Å². The number of hydrogen-bond donors (Lipinski definition) is 2. The molecule has 1 aromatic carbocycles. The van der Waals surface area contributed by atoms with Crippen LogP contribution in [0.15, 0.2) is 18.2 Å². The van der Waals surface area contributed by atoms with E-state index in [1.54, 1.807) is 18.2 Å². The molecular formula is C12H17ClN2O2. The van der Waals surface area contributed by atoms with E-state index in [2.05, 4.69) is 5.32 Å². The van der Waals surface area contributed by atoms with Crippen molar-refractivity contribution in [3.63, 3.8) is 0 Å². The molecule has 1 amide bonds. The fraction of sp³-hybridized carbons (Fsp3) is 0.417. The van der Waals surface area contributed by atoms with Gasteiger partial charge in [0.15, 0.2) is 0 Å². The quantitative estimate of drug-likeness (QED) is 0.796. The standard InChI is InChI=1S/C12H17ClN2O2/c1-3-8(2)17-7-12(16)15-9-4-5-10(13)11(14)6-9/h4-6,8H,3,7,14H2,1-2H3,(H,15,16). The van der Waals surface area contributed by atoms with Crippen molar-refractivity contribution in [2.24, 2.45) is 0 Å². The third kappa shape index (κ3) is 4.63. The summed E-state index contributed by atoms with van der Waals surface area (Å²) < 4.78 is 5.31. The van der Waals surface area contributed by atoms with Gasteiger partial charge in [-0.15, -0.1) is 0 Å². The maximum absolute atomic E-state index is 11.5. The van der Waals surface area contributed by atoms with Gasteiger partial charge in [0.1, 0.15) is 6.61 Å². The van der Waals surface area contributed by atoms with Crippen LogP contribution in [0.4, 0.5) is 11.4 Å². The lowest BCUT2D eigenvalue weighted by Gasteiger charge is -2.11. The van der Waals surface area contributed by atoms with Crippen LogP contribution < -0.4 is 11.1 Å². The van der Waals surface area contributed by atoms with Gasteiger partial charge in [-0.05, 0) is 31.5 Å². The Balaban J connectivity index is 2.48. The molecular weight excluding hydrogens is 240 g/mol. The van der Waals surface area contributed by atoms with E-state index in [1.807, 2.05) is 13.8 Å². The maximum atomic E-state index is 11.5. The van der Waals surface area contributed by atoms with Crippen molar-refractivity contribution in [3.8, 4) is 0 Å². The Hall–Kier alpha value is -1.26. The number of anilines is 2. The zero-order chi connectivity index (χ0) is 12.8. The molecule has 0 heterocycles. The zero-order valence-corrected chi connectivity index (χ0v) is 10.8. The Morgan fingerprint density at radius 3 is 2.88 bits per heavy atom. The summed E-state index contributed by atoms with van der Waals surface area (Å²) in [6.07, 6.45) is 0.956. The largest absolute Gasteiger partial charge is 0.397 e. The zero-order valence-electron chi connectivity index (χ0n) is 10.00. The minimum atomic E-state index is -0.202.